The van der Waals surface area contributed by atoms with Gasteiger partial charge in [-0.3, -0.25) is 4.79 Å². The molecule has 2 rings (SSSR count). The van der Waals surface area contributed by atoms with Crippen LogP contribution in [0.25, 0.3) is 0 Å². The highest BCUT2D eigenvalue weighted by Crippen LogP contribution is 2.29. The van der Waals surface area contributed by atoms with Crippen molar-refractivity contribution in [3.8, 4) is 0 Å². The van der Waals surface area contributed by atoms with E-state index in [4.69, 9.17) is 16.3 Å². The normalized spacial score (nSPS) is 16.6. The van der Waals surface area contributed by atoms with Crippen molar-refractivity contribution in [2.45, 2.75) is 32.3 Å². The van der Waals surface area contributed by atoms with Gasteiger partial charge in [-0.15, -0.1) is 11.3 Å². The Morgan fingerprint density at radius 2 is 2.39 bits per heavy atom. The quantitative estimate of drug-likeness (QED) is 0.837. The Hall–Kier alpha value is -0.580. The Kier molecular flexibility index (Phi) is 5.03. The van der Waals surface area contributed by atoms with Crippen molar-refractivity contribution >= 4 is 28.8 Å². The molecule has 0 radical (unpaired) electrons. The van der Waals surface area contributed by atoms with Crippen molar-refractivity contribution in [2.75, 3.05) is 13.2 Å². The summed E-state index contributed by atoms with van der Waals surface area (Å²) in [5, 5.41) is 2.88. The Labute approximate surface area is 116 Å². The molecule has 0 bridgehead atoms. The third-order valence-electron chi connectivity index (χ3n) is 2.95. The smallest absolute Gasteiger partial charge is 0.248 e. The lowest BCUT2D eigenvalue weighted by Crippen LogP contribution is -2.36. The summed E-state index contributed by atoms with van der Waals surface area (Å²) in [5.74, 6) is 0.659. The molecule has 100 valence electrons. The van der Waals surface area contributed by atoms with E-state index in [0.717, 1.165) is 17.4 Å². The molecular weight excluding hydrogens is 270 g/mol. The fourth-order valence-electron chi connectivity index (χ4n) is 1.58. The highest BCUT2D eigenvalue weighted by molar-refractivity contribution is 7.16. The van der Waals surface area contributed by atoms with Gasteiger partial charge in [-0.25, -0.2) is 0 Å². The number of halogens is 1. The van der Waals surface area contributed by atoms with Crippen molar-refractivity contribution in [3.05, 3.63) is 21.3 Å². The van der Waals surface area contributed by atoms with Crippen molar-refractivity contribution in [2.24, 2.45) is 5.92 Å². The summed E-state index contributed by atoms with van der Waals surface area (Å²) in [6, 6.07) is 3.87. The van der Waals surface area contributed by atoms with E-state index in [0.29, 0.717) is 12.5 Å². The van der Waals surface area contributed by atoms with Gasteiger partial charge in [0, 0.05) is 11.4 Å². The predicted octanol–water partition coefficient (Wildman–Crippen LogP) is 2.88. The highest BCUT2D eigenvalue weighted by Gasteiger charge is 2.23. The lowest BCUT2D eigenvalue weighted by molar-refractivity contribution is -0.131. The summed E-state index contributed by atoms with van der Waals surface area (Å²) in [6.45, 7) is 3.15. The molecule has 1 aliphatic carbocycles. The first kappa shape index (κ1) is 13.8. The average Bonchev–Trinajstić information content (AvgIpc) is 3.09. The van der Waals surface area contributed by atoms with E-state index in [-0.39, 0.29) is 12.0 Å². The Bertz CT molecular complexity index is 403. The molecule has 1 saturated carbocycles. The van der Waals surface area contributed by atoms with Gasteiger partial charge in [0.2, 0.25) is 5.91 Å². The Morgan fingerprint density at radius 3 is 3.00 bits per heavy atom. The largest absolute Gasteiger partial charge is 0.368 e. The van der Waals surface area contributed by atoms with E-state index in [1.165, 1.54) is 17.7 Å². The van der Waals surface area contributed by atoms with Crippen LogP contribution in [0.3, 0.4) is 0 Å². The molecule has 1 amide bonds. The van der Waals surface area contributed by atoms with E-state index in [1.54, 1.807) is 18.3 Å². The lowest BCUT2D eigenvalue weighted by atomic mass is 10.3. The number of hydrogen-bond donors (Lipinski definition) is 1. The van der Waals surface area contributed by atoms with Crippen molar-refractivity contribution < 1.29 is 9.53 Å². The van der Waals surface area contributed by atoms with Crippen LogP contribution in [0.15, 0.2) is 12.1 Å². The topological polar surface area (TPSA) is 38.3 Å². The molecule has 1 fully saturated rings. The number of rotatable bonds is 7. The second kappa shape index (κ2) is 6.55. The maximum atomic E-state index is 11.7. The molecule has 18 heavy (non-hydrogen) atoms. The van der Waals surface area contributed by atoms with Gasteiger partial charge >= 0.3 is 0 Å². The molecule has 1 aliphatic rings. The number of carbonyl (C=O) groups is 1. The molecule has 1 heterocycles. The fraction of sp³-hybridized carbons (Fsp3) is 0.615. The number of amides is 1. The van der Waals surface area contributed by atoms with E-state index in [2.05, 4.69) is 5.32 Å². The lowest BCUT2D eigenvalue weighted by Gasteiger charge is -2.12. The summed E-state index contributed by atoms with van der Waals surface area (Å²) in [6.07, 6.45) is 2.96. The highest BCUT2D eigenvalue weighted by atomic mass is 35.5. The van der Waals surface area contributed by atoms with Crippen LogP contribution in [0.4, 0.5) is 0 Å². The molecular formula is C13H18ClNO2S. The molecule has 0 aliphatic heterocycles. The zero-order chi connectivity index (χ0) is 13.0. The fourth-order valence-corrected chi connectivity index (χ4v) is 2.67. The van der Waals surface area contributed by atoms with Crippen LogP contribution >= 0.6 is 22.9 Å². The molecule has 3 nitrogen and oxygen atoms in total. The van der Waals surface area contributed by atoms with Crippen molar-refractivity contribution in [1.82, 2.24) is 5.32 Å². The maximum absolute atomic E-state index is 11.7. The van der Waals surface area contributed by atoms with Crippen LogP contribution in [0.2, 0.25) is 4.34 Å². The summed E-state index contributed by atoms with van der Waals surface area (Å²) < 4.78 is 6.29. The monoisotopic (exact) mass is 287 g/mol. The van der Waals surface area contributed by atoms with Crippen LogP contribution in [-0.4, -0.2) is 25.2 Å². The van der Waals surface area contributed by atoms with Gasteiger partial charge in [0.25, 0.3) is 0 Å². The minimum absolute atomic E-state index is 0.0293. The van der Waals surface area contributed by atoms with E-state index >= 15 is 0 Å². The van der Waals surface area contributed by atoms with E-state index in [9.17, 15) is 4.79 Å². The number of carbonyl (C=O) groups excluding carboxylic acids is 1. The van der Waals surface area contributed by atoms with Crippen LogP contribution < -0.4 is 5.32 Å². The summed E-state index contributed by atoms with van der Waals surface area (Å²) in [5.41, 5.74) is 0. The first-order valence-corrected chi connectivity index (χ1v) is 7.48. The van der Waals surface area contributed by atoms with Gasteiger partial charge < -0.3 is 10.1 Å². The van der Waals surface area contributed by atoms with Crippen LogP contribution in [-0.2, 0) is 16.0 Å². The average molecular weight is 288 g/mol. The third-order valence-corrected chi connectivity index (χ3v) is 4.24. The zero-order valence-corrected chi connectivity index (χ0v) is 12.0. The first-order valence-electron chi connectivity index (χ1n) is 6.28. The Morgan fingerprint density at radius 1 is 1.61 bits per heavy atom. The number of thiophene rings is 1. The van der Waals surface area contributed by atoms with Gasteiger partial charge in [0.1, 0.15) is 6.10 Å². The van der Waals surface area contributed by atoms with Crippen molar-refractivity contribution in [3.63, 3.8) is 0 Å². The van der Waals surface area contributed by atoms with Crippen LogP contribution in [0.5, 0.6) is 0 Å². The van der Waals surface area contributed by atoms with Gasteiger partial charge in [-0.05, 0) is 44.2 Å². The molecule has 1 atom stereocenters. The summed E-state index contributed by atoms with van der Waals surface area (Å²) in [7, 11) is 0. The first-order chi connectivity index (χ1) is 8.65. The molecule has 1 aromatic heterocycles. The number of nitrogens with one attached hydrogen (secondary N) is 1. The molecule has 0 spiro atoms. The Balaban J connectivity index is 1.61. The summed E-state index contributed by atoms with van der Waals surface area (Å²) in [4.78, 5) is 12.9. The van der Waals surface area contributed by atoms with Gasteiger partial charge in [0.05, 0.1) is 10.9 Å². The van der Waals surface area contributed by atoms with Crippen LogP contribution in [0, 0.1) is 5.92 Å². The van der Waals surface area contributed by atoms with Gasteiger partial charge in [-0.2, -0.15) is 0 Å². The second-order valence-electron chi connectivity index (χ2n) is 4.67. The second-order valence-corrected chi connectivity index (χ2v) is 6.47. The van der Waals surface area contributed by atoms with Gasteiger partial charge in [-0.1, -0.05) is 11.6 Å². The minimum Gasteiger partial charge on any atom is -0.368 e. The molecule has 0 saturated heterocycles. The number of hydrogen-bond acceptors (Lipinski definition) is 3. The predicted molar refractivity (Wildman–Crippen MR) is 74.2 cm³/mol. The molecule has 0 aromatic carbocycles. The number of ether oxygens (including phenoxy) is 1. The summed E-state index contributed by atoms with van der Waals surface area (Å²) >= 11 is 7.39. The van der Waals surface area contributed by atoms with E-state index < -0.39 is 0 Å². The maximum Gasteiger partial charge on any atom is 0.248 e. The van der Waals surface area contributed by atoms with Crippen LogP contribution in [0.1, 0.15) is 24.6 Å². The van der Waals surface area contributed by atoms with Crippen molar-refractivity contribution in [1.29, 1.82) is 0 Å². The molecule has 1 aromatic rings. The third kappa shape index (κ3) is 4.59. The zero-order valence-electron chi connectivity index (χ0n) is 10.4. The van der Waals surface area contributed by atoms with E-state index in [1.807, 2.05) is 12.1 Å². The van der Waals surface area contributed by atoms with Gasteiger partial charge in [0.15, 0.2) is 0 Å². The molecule has 0 unspecified atom stereocenters. The minimum atomic E-state index is -0.350. The standard InChI is InChI=1S/C13H18ClNO2S/c1-9(17-8-10-2-3-10)13(16)15-7-6-11-4-5-12(14)18-11/h4-5,9-10H,2-3,6-8H2,1H3,(H,15,16)/t9-/m0/s1. The molecule has 5 heteroatoms. The SMILES string of the molecule is C[C@H](OCC1CC1)C(=O)NCCc1ccc(Cl)s1. The molecule has 1 N–H and O–H groups in total.